The van der Waals surface area contributed by atoms with Crippen molar-refractivity contribution in [1.29, 1.82) is 0 Å². The zero-order valence-corrected chi connectivity index (χ0v) is 20.1. The molecule has 4 aromatic rings. The van der Waals surface area contributed by atoms with Gasteiger partial charge in [-0.2, -0.15) is 0 Å². The van der Waals surface area contributed by atoms with E-state index in [0.29, 0.717) is 27.9 Å². The second kappa shape index (κ2) is 10.4. The lowest BCUT2D eigenvalue weighted by molar-refractivity contribution is -0.116. The molecule has 0 spiro atoms. The van der Waals surface area contributed by atoms with Gasteiger partial charge in [0.25, 0.3) is 0 Å². The Bertz CT molecular complexity index is 1450. The first-order valence-electron chi connectivity index (χ1n) is 11.7. The van der Waals surface area contributed by atoms with Gasteiger partial charge in [-0.25, -0.2) is 0 Å². The highest BCUT2D eigenvalue weighted by molar-refractivity contribution is 6.10. The summed E-state index contributed by atoms with van der Waals surface area (Å²) in [6, 6.07) is 19.9. The number of carbonyl (C=O) groups is 2. The van der Waals surface area contributed by atoms with Crippen LogP contribution < -0.4 is 15.5 Å². The lowest BCUT2D eigenvalue weighted by atomic mass is 9.99. The van der Waals surface area contributed by atoms with Gasteiger partial charge in [-0.15, -0.1) is 0 Å². The van der Waals surface area contributed by atoms with E-state index in [9.17, 15) is 14.4 Å². The van der Waals surface area contributed by atoms with Crippen LogP contribution in [-0.2, 0) is 24.2 Å². The minimum absolute atomic E-state index is 0.0455. The topological polar surface area (TPSA) is 77.4 Å². The van der Waals surface area contributed by atoms with Gasteiger partial charge in [0.1, 0.15) is 12.3 Å². The molecule has 1 aromatic heterocycles. The van der Waals surface area contributed by atoms with Crippen LogP contribution in [0.15, 0.2) is 77.7 Å². The third-order valence-corrected chi connectivity index (χ3v) is 6.09. The first kappa shape index (κ1) is 24.0. The van der Waals surface area contributed by atoms with Crippen molar-refractivity contribution in [3.05, 3.63) is 105 Å². The summed E-state index contributed by atoms with van der Waals surface area (Å²) < 4.78 is 6.88. The molecule has 0 bridgehead atoms. The van der Waals surface area contributed by atoms with Crippen LogP contribution in [0.5, 0.6) is 5.75 Å². The van der Waals surface area contributed by atoms with Crippen molar-refractivity contribution in [3.63, 3.8) is 0 Å². The number of ketones is 1. The molecule has 1 N–H and O–H groups in total. The van der Waals surface area contributed by atoms with Crippen LogP contribution in [0.2, 0.25) is 0 Å². The summed E-state index contributed by atoms with van der Waals surface area (Å²) in [5, 5.41) is 3.28. The highest BCUT2D eigenvalue weighted by Crippen LogP contribution is 2.19. The summed E-state index contributed by atoms with van der Waals surface area (Å²) in [4.78, 5) is 39.6. The van der Waals surface area contributed by atoms with Gasteiger partial charge in [0.15, 0.2) is 5.78 Å². The fraction of sp³-hybridized carbons (Fsp3) is 0.207. The first-order chi connectivity index (χ1) is 16.9. The summed E-state index contributed by atoms with van der Waals surface area (Å²) >= 11 is 0. The number of amides is 1. The van der Waals surface area contributed by atoms with Crippen LogP contribution in [0.25, 0.3) is 10.9 Å². The number of hydrogen-bond acceptors (Lipinski definition) is 4. The third-order valence-electron chi connectivity index (χ3n) is 6.09. The quantitative estimate of drug-likeness (QED) is 0.369. The zero-order valence-electron chi connectivity index (χ0n) is 20.1. The molecule has 0 atom stereocenters. The minimum Gasteiger partial charge on any atom is -0.497 e. The number of nitrogens with zero attached hydrogens (tertiary/aromatic N) is 1. The molecule has 6 nitrogen and oxygen atoms in total. The molecular weight excluding hydrogens is 440 g/mol. The number of ether oxygens (including phenoxy) is 1. The number of fused-ring (bicyclic) bond motifs is 1. The van der Waals surface area contributed by atoms with Crippen LogP contribution in [0, 0.1) is 0 Å². The molecule has 0 aliphatic carbocycles. The standard InChI is InChI=1S/C29H28N2O4/c1-4-19-9-12-21(13-10-19)28(33)25-17-31(26-14-11-20(5-2)15-24(26)29(25)34)18-27(32)30-22-7-6-8-23(16-22)35-3/h6-17H,4-5,18H2,1-3H3,(H,30,32). The number of aryl methyl sites for hydroxylation is 2. The predicted molar refractivity (Wildman–Crippen MR) is 138 cm³/mol. The Kier molecular flexibility index (Phi) is 7.11. The van der Waals surface area contributed by atoms with Gasteiger partial charge in [-0.05, 0) is 48.2 Å². The molecule has 3 aromatic carbocycles. The minimum atomic E-state index is -0.358. The van der Waals surface area contributed by atoms with Crippen LogP contribution in [0.3, 0.4) is 0 Å². The molecule has 0 aliphatic heterocycles. The van der Waals surface area contributed by atoms with Crippen LogP contribution in [0.1, 0.15) is 40.9 Å². The average Bonchev–Trinajstić information content (AvgIpc) is 2.89. The molecule has 0 unspecified atom stereocenters. The van der Waals surface area contributed by atoms with Crippen LogP contribution >= 0.6 is 0 Å². The zero-order chi connectivity index (χ0) is 24.9. The van der Waals surface area contributed by atoms with Crippen molar-refractivity contribution < 1.29 is 14.3 Å². The van der Waals surface area contributed by atoms with Gasteiger partial charge >= 0.3 is 0 Å². The summed E-state index contributed by atoms with van der Waals surface area (Å²) in [7, 11) is 1.56. The Balaban J connectivity index is 1.75. The summed E-state index contributed by atoms with van der Waals surface area (Å²) in [6.07, 6.45) is 3.11. The predicted octanol–water partition coefficient (Wildman–Crippen LogP) is 5.00. The molecule has 1 amide bonds. The van der Waals surface area contributed by atoms with E-state index in [1.807, 2.05) is 44.2 Å². The number of methoxy groups -OCH3 is 1. The maximum absolute atomic E-state index is 13.4. The van der Waals surface area contributed by atoms with Crippen molar-refractivity contribution in [2.24, 2.45) is 0 Å². The molecule has 178 valence electrons. The van der Waals surface area contributed by atoms with E-state index in [1.165, 1.54) is 6.20 Å². The van der Waals surface area contributed by atoms with Gasteiger partial charge in [0, 0.05) is 28.9 Å². The van der Waals surface area contributed by atoms with E-state index in [-0.39, 0.29) is 29.2 Å². The SMILES string of the molecule is CCc1ccc(C(=O)c2cn(CC(=O)Nc3cccc(OC)c3)c3ccc(CC)cc3c2=O)cc1. The van der Waals surface area contributed by atoms with Gasteiger partial charge in [0.05, 0.1) is 18.2 Å². The Morgan fingerprint density at radius 3 is 2.31 bits per heavy atom. The number of aromatic nitrogens is 1. The molecule has 35 heavy (non-hydrogen) atoms. The lowest BCUT2D eigenvalue weighted by Gasteiger charge is -2.14. The fourth-order valence-corrected chi connectivity index (χ4v) is 4.06. The molecule has 0 saturated carbocycles. The maximum Gasteiger partial charge on any atom is 0.244 e. The number of anilines is 1. The van der Waals surface area contributed by atoms with Gasteiger partial charge < -0.3 is 14.6 Å². The highest BCUT2D eigenvalue weighted by atomic mass is 16.5. The number of pyridine rings is 1. The van der Waals surface area contributed by atoms with Crippen molar-refractivity contribution in [3.8, 4) is 5.75 Å². The van der Waals surface area contributed by atoms with E-state index in [1.54, 1.807) is 48.1 Å². The average molecular weight is 469 g/mol. The molecule has 0 radical (unpaired) electrons. The Labute approximate surface area is 204 Å². The smallest absolute Gasteiger partial charge is 0.244 e. The first-order valence-corrected chi connectivity index (χ1v) is 11.7. The van der Waals surface area contributed by atoms with E-state index < -0.39 is 0 Å². The monoisotopic (exact) mass is 468 g/mol. The van der Waals surface area contributed by atoms with Crippen molar-refractivity contribution >= 4 is 28.3 Å². The number of benzene rings is 3. The van der Waals surface area contributed by atoms with E-state index in [0.717, 1.165) is 24.0 Å². The molecule has 1 heterocycles. The number of hydrogen-bond donors (Lipinski definition) is 1. The van der Waals surface area contributed by atoms with Crippen molar-refractivity contribution in [2.75, 3.05) is 12.4 Å². The third kappa shape index (κ3) is 5.17. The number of nitrogens with one attached hydrogen (secondary N) is 1. The molecule has 4 rings (SSSR count). The fourth-order valence-electron chi connectivity index (χ4n) is 4.06. The summed E-state index contributed by atoms with van der Waals surface area (Å²) in [5.74, 6) is -0.0115. The molecule has 0 fully saturated rings. The number of rotatable bonds is 8. The van der Waals surface area contributed by atoms with Gasteiger partial charge in [0.2, 0.25) is 11.3 Å². The normalized spacial score (nSPS) is 10.8. The number of carbonyl (C=O) groups excluding carboxylic acids is 2. The van der Waals surface area contributed by atoms with Gasteiger partial charge in [-0.3, -0.25) is 14.4 Å². The second-order valence-corrected chi connectivity index (χ2v) is 8.36. The van der Waals surface area contributed by atoms with Crippen LogP contribution in [0.4, 0.5) is 5.69 Å². The van der Waals surface area contributed by atoms with Gasteiger partial charge in [-0.1, -0.05) is 50.2 Å². The van der Waals surface area contributed by atoms with E-state index >= 15 is 0 Å². The van der Waals surface area contributed by atoms with Crippen molar-refractivity contribution in [2.45, 2.75) is 33.2 Å². The molecule has 6 heteroatoms. The Morgan fingerprint density at radius 2 is 1.63 bits per heavy atom. The molecule has 0 saturated heterocycles. The summed E-state index contributed by atoms with van der Waals surface area (Å²) in [5.41, 5.74) is 3.45. The lowest BCUT2D eigenvalue weighted by Crippen LogP contribution is -2.24. The van der Waals surface area contributed by atoms with E-state index in [4.69, 9.17) is 4.74 Å². The Morgan fingerprint density at radius 1 is 0.914 bits per heavy atom. The Hall–Kier alpha value is -4.19. The molecule has 0 aliphatic rings. The second-order valence-electron chi connectivity index (χ2n) is 8.36. The summed E-state index contributed by atoms with van der Waals surface area (Å²) in [6.45, 7) is 3.99. The highest BCUT2D eigenvalue weighted by Gasteiger charge is 2.19. The maximum atomic E-state index is 13.4. The van der Waals surface area contributed by atoms with Crippen LogP contribution in [-0.4, -0.2) is 23.4 Å². The van der Waals surface area contributed by atoms with Crippen molar-refractivity contribution in [1.82, 2.24) is 4.57 Å². The van der Waals surface area contributed by atoms with E-state index in [2.05, 4.69) is 5.32 Å². The molecular formula is C29H28N2O4. The largest absolute Gasteiger partial charge is 0.497 e.